The van der Waals surface area contributed by atoms with Gasteiger partial charge < -0.3 is 10.8 Å². The number of nitrogens with one attached hydrogen (secondary N) is 1. The topological polar surface area (TPSA) is 70.6 Å². The molecule has 4 fully saturated rings. The number of fused-ring (bicyclic) bond motifs is 5. The van der Waals surface area contributed by atoms with E-state index in [0.29, 0.717) is 16.7 Å². The van der Waals surface area contributed by atoms with E-state index in [1.807, 2.05) is 0 Å². The van der Waals surface area contributed by atoms with Crippen LogP contribution in [-0.4, -0.2) is 22.0 Å². The van der Waals surface area contributed by atoms with Crippen LogP contribution in [0, 0.1) is 40.4 Å². The molecular weight excluding hydrogens is 354 g/mol. The Balaban J connectivity index is 1.55. The maximum atomic E-state index is 10.2. The Morgan fingerprint density at radius 2 is 1.74 bits per heavy atom. The lowest BCUT2D eigenvalue weighted by Crippen LogP contribution is -2.54. The van der Waals surface area contributed by atoms with Crippen LogP contribution in [-0.2, 0) is 0 Å². The average Bonchev–Trinajstić information content (AvgIpc) is 2.97. The fourth-order valence-electron chi connectivity index (χ4n) is 8.14. The smallest absolute Gasteiger partial charge is 0.184 e. The predicted octanol–water partition coefficient (Wildman–Crippen LogP) is 4.22. The van der Waals surface area contributed by atoms with Crippen molar-refractivity contribution in [3.63, 3.8) is 0 Å². The molecule has 4 saturated carbocycles. The van der Waals surface area contributed by atoms with Crippen molar-refractivity contribution in [3.05, 3.63) is 0 Å². The molecule has 0 aromatic heterocycles. The van der Waals surface area contributed by atoms with E-state index < -0.39 is 0 Å². The molecule has 0 spiro atoms. The van der Waals surface area contributed by atoms with E-state index in [9.17, 15) is 5.11 Å². The number of rotatable bonds is 2. The highest BCUT2D eigenvalue weighted by Gasteiger charge is 2.60. The van der Waals surface area contributed by atoms with Gasteiger partial charge in [-0.25, -0.2) is 0 Å². The summed E-state index contributed by atoms with van der Waals surface area (Å²) in [4.78, 5) is 0. The lowest BCUT2D eigenvalue weighted by molar-refractivity contribution is -0.123. The number of hydrogen-bond acceptors (Lipinski definition) is 3. The summed E-state index contributed by atoms with van der Waals surface area (Å²) in [5, 5.41) is 15.0. The second-order valence-electron chi connectivity index (χ2n) is 10.5. The molecule has 0 saturated heterocycles. The first-order valence-electron chi connectivity index (χ1n) is 11.0. The fourth-order valence-corrected chi connectivity index (χ4v) is 8.19. The van der Waals surface area contributed by atoms with Crippen LogP contribution >= 0.6 is 12.2 Å². The molecule has 0 unspecified atom stereocenters. The van der Waals surface area contributed by atoms with Gasteiger partial charge >= 0.3 is 0 Å². The number of thiocarbonyl (C=S) groups is 1. The van der Waals surface area contributed by atoms with E-state index in [1.165, 1.54) is 50.7 Å². The molecule has 8 atom stereocenters. The molecule has 0 aromatic carbocycles. The minimum absolute atomic E-state index is 0.0515. The maximum absolute atomic E-state index is 10.2. The summed E-state index contributed by atoms with van der Waals surface area (Å²) in [6.45, 7) is 7.25. The summed E-state index contributed by atoms with van der Waals surface area (Å²) < 4.78 is 0. The minimum atomic E-state index is -0.0515. The van der Waals surface area contributed by atoms with Gasteiger partial charge in [-0.15, -0.1) is 0 Å². The van der Waals surface area contributed by atoms with E-state index in [1.54, 1.807) is 0 Å². The molecule has 0 aromatic rings. The van der Waals surface area contributed by atoms with Crippen LogP contribution in [0.3, 0.4) is 0 Å². The van der Waals surface area contributed by atoms with E-state index in [-0.39, 0.29) is 11.2 Å². The van der Waals surface area contributed by atoms with Crippen molar-refractivity contribution in [1.29, 1.82) is 0 Å². The summed E-state index contributed by atoms with van der Waals surface area (Å²) in [5.74, 6) is 3.82. The Hall–Kier alpha value is -0.680. The lowest BCUT2D eigenvalue weighted by atomic mass is 9.44. The normalized spacial score (nSPS) is 49.7. The van der Waals surface area contributed by atoms with Gasteiger partial charge in [0.1, 0.15) is 0 Å². The number of hydrazone groups is 1. The fraction of sp³-hybridized carbons (Fsp3) is 0.909. The van der Waals surface area contributed by atoms with Gasteiger partial charge in [-0.1, -0.05) is 13.8 Å². The summed E-state index contributed by atoms with van der Waals surface area (Å²) in [6, 6.07) is 0. The highest BCUT2D eigenvalue weighted by molar-refractivity contribution is 7.80. The summed E-state index contributed by atoms with van der Waals surface area (Å²) in [7, 11) is 0. The van der Waals surface area contributed by atoms with Crippen molar-refractivity contribution in [1.82, 2.24) is 5.43 Å². The van der Waals surface area contributed by atoms with Crippen LogP contribution < -0.4 is 11.2 Å². The van der Waals surface area contributed by atoms with Crippen LogP contribution in [0.1, 0.15) is 78.6 Å². The Morgan fingerprint density at radius 1 is 1.04 bits per heavy atom. The van der Waals surface area contributed by atoms with Crippen LogP contribution in [0.4, 0.5) is 0 Å². The van der Waals surface area contributed by atoms with E-state index in [0.717, 1.165) is 36.5 Å². The van der Waals surface area contributed by atoms with Crippen molar-refractivity contribution < 1.29 is 5.11 Å². The molecule has 4 nitrogen and oxygen atoms in total. The van der Waals surface area contributed by atoms with Crippen LogP contribution in [0.25, 0.3) is 0 Å². The van der Waals surface area contributed by atoms with Gasteiger partial charge in [-0.05, 0) is 111 Å². The number of aliphatic hydroxyl groups is 1. The van der Waals surface area contributed by atoms with Crippen molar-refractivity contribution >= 4 is 23.0 Å². The Bertz CT molecular complexity index is 637. The molecule has 0 bridgehead atoms. The molecule has 4 rings (SSSR count). The first-order chi connectivity index (χ1) is 12.8. The second kappa shape index (κ2) is 6.98. The molecule has 0 heterocycles. The number of nitrogens with two attached hydrogens (primary N) is 1. The highest BCUT2D eigenvalue weighted by Crippen LogP contribution is 2.67. The third-order valence-electron chi connectivity index (χ3n) is 9.48. The standard InChI is InChI=1S/C22H37N3OS/c1-13(24-25-20(23)27)17-6-7-18-16-5-4-14-12-15(26)8-10-21(14,2)19(16)9-11-22(17,18)3/h14-19,26H,4-12H2,1-3H3,(H3,23,25,27)/t14-,15-,16+,17-,18+,19+,21-,22+/m0/s1. The quantitative estimate of drug-likeness (QED) is 0.374. The molecule has 4 N–H and O–H groups in total. The SMILES string of the molecule is CC(=NNC(N)=S)[C@@H]1CC[C@@H]2[C@H]3CC[C@H]4C[C@@H](O)CC[C@]4(C)[C@@H]3CC[C@@]21C. The van der Waals surface area contributed by atoms with E-state index in [2.05, 4.69) is 31.3 Å². The van der Waals surface area contributed by atoms with E-state index >= 15 is 0 Å². The molecular formula is C22H37N3OS. The second-order valence-corrected chi connectivity index (χ2v) is 10.9. The van der Waals surface area contributed by atoms with Crippen LogP contribution in [0.5, 0.6) is 0 Å². The molecule has 5 heteroatoms. The molecule has 4 aliphatic carbocycles. The molecule has 0 amide bonds. The van der Waals surface area contributed by atoms with Crippen LogP contribution in [0.2, 0.25) is 0 Å². The number of nitrogens with zero attached hydrogens (tertiary/aromatic N) is 1. The first-order valence-corrected chi connectivity index (χ1v) is 11.4. The van der Waals surface area contributed by atoms with Crippen LogP contribution in [0.15, 0.2) is 5.10 Å². The predicted molar refractivity (Wildman–Crippen MR) is 114 cm³/mol. The number of aliphatic hydroxyl groups excluding tert-OH is 1. The van der Waals surface area contributed by atoms with Gasteiger partial charge in [0.15, 0.2) is 5.11 Å². The average molecular weight is 392 g/mol. The largest absolute Gasteiger partial charge is 0.393 e. The Kier molecular flexibility index (Phi) is 5.07. The van der Waals surface area contributed by atoms with Crippen molar-refractivity contribution in [3.8, 4) is 0 Å². The van der Waals surface area contributed by atoms with Crippen molar-refractivity contribution in [2.75, 3.05) is 0 Å². The Labute approximate surface area is 169 Å². The molecule has 0 aliphatic heterocycles. The van der Waals surface area contributed by atoms with Gasteiger partial charge in [-0.3, -0.25) is 5.43 Å². The highest BCUT2D eigenvalue weighted by atomic mass is 32.1. The first kappa shape index (κ1) is 19.6. The zero-order chi connectivity index (χ0) is 19.4. The third kappa shape index (κ3) is 3.13. The lowest BCUT2D eigenvalue weighted by Gasteiger charge is -2.61. The van der Waals surface area contributed by atoms with Gasteiger partial charge in [0.05, 0.1) is 6.10 Å². The molecule has 0 radical (unpaired) electrons. The van der Waals surface area contributed by atoms with Crippen molar-refractivity contribution in [2.45, 2.75) is 84.7 Å². The van der Waals surface area contributed by atoms with Gasteiger partial charge in [0, 0.05) is 11.6 Å². The van der Waals surface area contributed by atoms with Gasteiger partial charge in [-0.2, -0.15) is 5.10 Å². The molecule has 152 valence electrons. The zero-order valence-electron chi connectivity index (χ0n) is 17.2. The number of hydrogen-bond donors (Lipinski definition) is 3. The van der Waals surface area contributed by atoms with Gasteiger partial charge in [0.25, 0.3) is 0 Å². The molecule has 27 heavy (non-hydrogen) atoms. The monoisotopic (exact) mass is 391 g/mol. The maximum Gasteiger partial charge on any atom is 0.184 e. The molecule has 4 aliphatic rings. The van der Waals surface area contributed by atoms with Crippen molar-refractivity contribution in [2.24, 2.45) is 51.3 Å². The summed E-state index contributed by atoms with van der Waals surface area (Å²) >= 11 is 4.92. The summed E-state index contributed by atoms with van der Waals surface area (Å²) in [6.07, 6.45) is 11.2. The summed E-state index contributed by atoms with van der Waals surface area (Å²) in [5.41, 5.74) is 10.4. The van der Waals surface area contributed by atoms with Gasteiger partial charge in [0.2, 0.25) is 0 Å². The third-order valence-corrected chi connectivity index (χ3v) is 9.58. The van der Waals surface area contributed by atoms with E-state index in [4.69, 9.17) is 18.0 Å². The zero-order valence-corrected chi connectivity index (χ0v) is 18.0. The Morgan fingerprint density at radius 3 is 2.48 bits per heavy atom. The minimum Gasteiger partial charge on any atom is -0.393 e.